The molecule has 0 spiro atoms. The van der Waals surface area contributed by atoms with Gasteiger partial charge in [0.25, 0.3) is 5.91 Å². The smallest absolute Gasteiger partial charge is 0.253 e. The van der Waals surface area contributed by atoms with Crippen molar-refractivity contribution in [3.63, 3.8) is 0 Å². The molecule has 0 aromatic heterocycles. The van der Waals surface area contributed by atoms with Gasteiger partial charge in [0.1, 0.15) is 11.6 Å². The van der Waals surface area contributed by atoms with Crippen LogP contribution >= 0.6 is 0 Å². The van der Waals surface area contributed by atoms with Gasteiger partial charge in [0.2, 0.25) is 10.0 Å². The molecular formula is C23H29FN2O4S. The molecule has 0 aliphatic carbocycles. The number of piperidine rings is 1. The number of ether oxygens (including phenoxy) is 1. The van der Waals surface area contributed by atoms with E-state index < -0.39 is 10.0 Å². The molecule has 0 radical (unpaired) electrons. The number of hydrogen-bond donors (Lipinski definition) is 0. The van der Waals surface area contributed by atoms with Crippen LogP contribution in [-0.2, 0) is 10.0 Å². The first-order valence-corrected chi connectivity index (χ1v) is 12.0. The van der Waals surface area contributed by atoms with Crippen LogP contribution in [0, 0.1) is 11.7 Å². The van der Waals surface area contributed by atoms with Crippen molar-refractivity contribution in [1.29, 1.82) is 0 Å². The van der Waals surface area contributed by atoms with E-state index in [-0.39, 0.29) is 16.6 Å². The average molecular weight is 449 g/mol. The van der Waals surface area contributed by atoms with Crippen LogP contribution in [0.15, 0.2) is 53.4 Å². The minimum atomic E-state index is -3.53. The second-order valence-corrected chi connectivity index (χ2v) is 9.93. The molecule has 1 aliphatic rings. The van der Waals surface area contributed by atoms with E-state index in [0.29, 0.717) is 49.9 Å². The highest BCUT2D eigenvalue weighted by Crippen LogP contribution is 2.23. The number of hydrogen-bond acceptors (Lipinski definition) is 4. The molecule has 31 heavy (non-hydrogen) atoms. The number of nitrogens with zero attached hydrogens (tertiary/aromatic N) is 2. The van der Waals surface area contributed by atoms with Crippen molar-refractivity contribution in [2.45, 2.75) is 31.1 Å². The third-order valence-corrected chi connectivity index (χ3v) is 7.46. The molecule has 0 unspecified atom stereocenters. The number of benzene rings is 2. The molecule has 6 nitrogen and oxygen atoms in total. The molecule has 1 fully saturated rings. The first-order valence-electron chi connectivity index (χ1n) is 10.5. The summed E-state index contributed by atoms with van der Waals surface area (Å²) in [6.45, 7) is 4.08. The number of sulfonamides is 1. The maximum atomic E-state index is 12.9. The Kier molecular flexibility index (Phi) is 7.67. The van der Waals surface area contributed by atoms with Crippen molar-refractivity contribution < 1.29 is 22.3 Å². The summed E-state index contributed by atoms with van der Waals surface area (Å²) in [7, 11) is -1.83. The van der Waals surface area contributed by atoms with Gasteiger partial charge in [0.05, 0.1) is 11.5 Å². The predicted octanol–water partition coefficient (Wildman–Crippen LogP) is 3.79. The predicted molar refractivity (Wildman–Crippen MR) is 117 cm³/mol. The summed E-state index contributed by atoms with van der Waals surface area (Å²) in [6, 6.07) is 11.9. The van der Waals surface area contributed by atoms with Gasteiger partial charge in [0.15, 0.2) is 0 Å². The Bertz CT molecular complexity index is 970. The molecular weight excluding hydrogens is 419 g/mol. The molecule has 3 rings (SSSR count). The third-order valence-electron chi connectivity index (χ3n) is 5.55. The average Bonchev–Trinajstić information content (AvgIpc) is 2.77. The van der Waals surface area contributed by atoms with Crippen LogP contribution < -0.4 is 4.74 Å². The Hall–Kier alpha value is -2.45. The number of carbonyl (C=O) groups is 1. The van der Waals surface area contributed by atoms with Crippen LogP contribution in [0.1, 0.15) is 36.5 Å². The van der Waals surface area contributed by atoms with Crippen molar-refractivity contribution in [2.24, 2.45) is 5.92 Å². The summed E-state index contributed by atoms with van der Waals surface area (Å²) in [5.74, 6) is 0.623. The second-order valence-electron chi connectivity index (χ2n) is 7.99. The summed E-state index contributed by atoms with van der Waals surface area (Å²) in [5.41, 5.74) is 0.438. The van der Waals surface area contributed by atoms with Crippen LogP contribution in [0.5, 0.6) is 5.75 Å². The highest BCUT2D eigenvalue weighted by Gasteiger charge is 2.28. The number of rotatable bonds is 8. The summed E-state index contributed by atoms with van der Waals surface area (Å²) in [4.78, 5) is 14.4. The zero-order valence-corrected chi connectivity index (χ0v) is 18.8. The molecule has 0 atom stereocenters. The lowest BCUT2D eigenvalue weighted by Crippen LogP contribution is -2.37. The van der Waals surface area contributed by atoms with Gasteiger partial charge in [-0.2, -0.15) is 4.31 Å². The highest BCUT2D eigenvalue weighted by atomic mass is 32.2. The number of halogens is 1. The molecule has 168 valence electrons. The van der Waals surface area contributed by atoms with E-state index in [0.717, 1.165) is 12.8 Å². The SMILES string of the molecule is CC1CCN(S(=O)(=O)c2ccc(C(=O)N(C)CCCOc3ccc(F)cc3)cc2)CC1. The molecule has 8 heteroatoms. The van der Waals surface area contributed by atoms with E-state index in [2.05, 4.69) is 6.92 Å². The van der Waals surface area contributed by atoms with Crippen LogP contribution in [0.25, 0.3) is 0 Å². The van der Waals surface area contributed by atoms with Gasteiger partial charge in [0, 0.05) is 32.2 Å². The van der Waals surface area contributed by atoms with Gasteiger partial charge in [-0.1, -0.05) is 6.92 Å². The Morgan fingerprint density at radius 2 is 1.71 bits per heavy atom. The summed E-state index contributed by atoms with van der Waals surface area (Å²) in [6.07, 6.45) is 2.34. The van der Waals surface area contributed by atoms with E-state index in [1.807, 2.05) is 0 Å². The largest absolute Gasteiger partial charge is 0.494 e. The van der Waals surface area contributed by atoms with Crippen molar-refractivity contribution in [3.8, 4) is 5.75 Å². The van der Waals surface area contributed by atoms with Crippen molar-refractivity contribution in [1.82, 2.24) is 9.21 Å². The van der Waals surface area contributed by atoms with Gasteiger partial charge in [-0.05, 0) is 73.7 Å². The van der Waals surface area contributed by atoms with Crippen molar-refractivity contribution in [3.05, 3.63) is 59.9 Å². The summed E-state index contributed by atoms with van der Waals surface area (Å²) in [5, 5.41) is 0. The van der Waals surface area contributed by atoms with Gasteiger partial charge in [-0.3, -0.25) is 4.79 Å². The second kappa shape index (κ2) is 10.2. The molecule has 1 amide bonds. The zero-order valence-electron chi connectivity index (χ0n) is 18.0. The molecule has 0 bridgehead atoms. The summed E-state index contributed by atoms with van der Waals surface area (Å²) >= 11 is 0. The normalized spacial score (nSPS) is 15.6. The monoisotopic (exact) mass is 448 g/mol. The first kappa shape index (κ1) is 23.2. The van der Waals surface area contributed by atoms with E-state index in [4.69, 9.17) is 4.74 Å². The van der Waals surface area contributed by atoms with Crippen molar-refractivity contribution in [2.75, 3.05) is 33.3 Å². The van der Waals surface area contributed by atoms with E-state index >= 15 is 0 Å². The summed E-state index contributed by atoms with van der Waals surface area (Å²) < 4.78 is 45.6. The van der Waals surface area contributed by atoms with Gasteiger partial charge < -0.3 is 9.64 Å². The van der Waals surface area contributed by atoms with Crippen LogP contribution in [-0.4, -0.2) is 56.8 Å². The minimum Gasteiger partial charge on any atom is -0.494 e. The number of carbonyl (C=O) groups excluding carboxylic acids is 1. The van der Waals surface area contributed by atoms with E-state index in [1.165, 1.54) is 28.6 Å². The van der Waals surface area contributed by atoms with Gasteiger partial charge in [-0.15, -0.1) is 0 Å². The van der Waals surface area contributed by atoms with E-state index in [9.17, 15) is 17.6 Å². The quantitative estimate of drug-likeness (QED) is 0.577. The lowest BCUT2D eigenvalue weighted by Gasteiger charge is -2.29. The fourth-order valence-electron chi connectivity index (χ4n) is 3.49. The fourth-order valence-corrected chi connectivity index (χ4v) is 4.96. The Labute approximate surface area is 183 Å². The molecule has 1 heterocycles. The highest BCUT2D eigenvalue weighted by molar-refractivity contribution is 7.89. The topological polar surface area (TPSA) is 66.9 Å². The Balaban J connectivity index is 1.51. The molecule has 0 N–H and O–H groups in total. The lowest BCUT2D eigenvalue weighted by molar-refractivity contribution is 0.0787. The molecule has 2 aromatic carbocycles. The van der Waals surface area contributed by atoms with Gasteiger partial charge >= 0.3 is 0 Å². The Morgan fingerprint density at radius 1 is 1.10 bits per heavy atom. The van der Waals surface area contributed by atoms with Crippen LogP contribution in [0.4, 0.5) is 4.39 Å². The third kappa shape index (κ3) is 6.04. The Morgan fingerprint density at radius 3 is 2.32 bits per heavy atom. The minimum absolute atomic E-state index is 0.183. The van der Waals surface area contributed by atoms with Crippen molar-refractivity contribution >= 4 is 15.9 Å². The maximum Gasteiger partial charge on any atom is 0.253 e. The molecule has 0 saturated carbocycles. The first-order chi connectivity index (χ1) is 14.8. The zero-order chi connectivity index (χ0) is 22.4. The molecule has 1 saturated heterocycles. The van der Waals surface area contributed by atoms with Gasteiger partial charge in [-0.25, -0.2) is 12.8 Å². The molecule has 2 aromatic rings. The number of amides is 1. The maximum absolute atomic E-state index is 12.9. The van der Waals surface area contributed by atoms with Crippen LogP contribution in [0.3, 0.4) is 0 Å². The fraction of sp³-hybridized carbons (Fsp3) is 0.435. The van der Waals surface area contributed by atoms with Crippen LogP contribution in [0.2, 0.25) is 0 Å². The lowest BCUT2D eigenvalue weighted by atomic mass is 10.0. The molecule has 1 aliphatic heterocycles. The standard InChI is InChI=1S/C23H29FN2O4S/c1-18-12-15-26(16-13-18)31(28,29)22-10-4-19(5-11-22)23(27)25(2)14-3-17-30-21-8-6-20(24)7-9-21/h4-11,18H,3,12-17H2,1-2H3. The van der Waals surface area contributed by atoms with E-state index in [1.54, 1.807) is 36.2 Å².